The normalized spacial score (nSPS) is 14.8. The van der Waals surface area contributed by atoms with Gasteiger partial charge in [-0.2, -0.15) is 0 Å². The highest BCUT2D eigenvalue weighted by molar-refractivity contribution is 6.10. The molecule has 3 heterocycles. The second kappa shape index (κ2) is 8.30. The van der Waals surface area contributed by atoms with Gasteiger partial charge in [-0.25, -0.2) is 9.97 Å². The molecular weight excluding hydrogens is 402 g/mol. The van der Waals surface area contributed by atoms with Crippen molar-refractivity contribution in [2.45, 2.75) is 44.7 Å². The van der Waals surface area contributed by atoms with E-state index in [1.807, 2.05) is 53.6 Å². The highest BCUT2D eigenvalue weighted by Crippen LogP contribution is 2.33. The van der Waals surface area contributed by atoms with Gasteiger partial charge in [0.25, 0.3) is 5.56 Å². The molecule has 0 radical (unpaired) electrons. The van der Waals surface area contributed by atoms with Gasteiger partial charge in [0, 0.05) is 32.9 Å². The first-order chi connectivity index (χ1) is 15.6. The van der Waals surface area contributed by atoms with Crippen LogP contribution in [0.2, 0.25) is 0 Å². The third kappa shape index (κ3) is 3.42. The van der Waals surface area contributed by atoms with Crippen LogP contribution in [-0.2, 0) is 6.54 Å². The molecule has 1 aliphatic carbocycles. The van der Waals surface area contributed by atoms with Crippen LogP contribution in [-0.4, -0.2) is 40.3 Å². The van der Waals surface area contributed by atoms with Gasteiger partial charge in [0.2, 0.25) is 0 Å². The standard InChI is InChI=1S/C25H29N5O2/c1-28(2)20-13-14-26-24-21(20)22-23(29(24)15-17-9-11-19(32-3)12-10-17)25(31)30(16-27-22)18-7-5-4-6-8-18/h9-14,16,18H,4-8,15H2,1-3H3. The Balaban J connectivity index is 1.76. The van der Waals surface area contributed by atoms with Crippen molar-refractivity contribution in [2.75, 3.05) is 26.1 Å². The van der Waals surface area contributed by atoms with Crippen LogP contribution in [0.3, 0.4) is 0 Å². The molecular formula is C25H29N5O2. The van der Waals surface area contributed by atoms with Crippen molar-refractivity contribution in [2.24, 2.45) is 0 Å². The average molecular weight is 432 g/mol. The molecule has 1 aliphatic rings. The Bertz CT molecular complexity index is 1310. The predicted octanol–water partition coefficient (Wildman–Crippen LogP) is 4.37. The Morgan fingerprint density at radius 3 is 2.50 bits per heavy atom. The van der Waals surface area contributed by atoms with Gasteiger partial charge < -0.3 is 14.2 Å². The second-order valence-corrected chi connectivity index (χ2v) is 8.80. The number of anilines is 1. The number of methoxy groups -OCH3 is 1. The van der Waals surface area contributed by atoms with Crippen LogP contribution in [0.15, 0.2) is 47.7 Å². The van der Waals surface area contributed by atoms with Crippen LogP contribution < -0.4 is 15.2 Å². The first-order valence-corrected chi connectivity index (χ1v) is 11.3. The molecule has 3 aromatic heterocycles. The lowest BCUT2D eigenvalue weighted by Crippen LogP contribution is -2.28. The fourth-order valence-electron chi connectivity index (χ4n) is 4.92. The first kappa shape index (κ1) is 20.5. The lowest BCUT2D eigenvalue weighted by atomic mass is 9.95. The number of hydrogen-bond acceptors (Lipinski definition) is 5. The Labute approximate surface area is 187 Å². The number of pyridine rings is 1. The molecule has 0 saturated heterocycles. The Morgan fingerprint density at radius 2 is 1.81 bits per heavy atom. The van der Waals surface area contributed by atoms with Crippen molar-refractivity contribution in [3.63, 3.8) is 0 Å². The number of nitrogens with zero attached hydrogens (tertiary/aromatic N) is 5. The van der Waals surface area contributed by atoms with Gasteiger partial charge >= 0.3 is 0 Å². The zero-order chi connectivity index (χ0) is 22.2. The Hall–Kier alpha value is -3.35. The van der Waals surface area contributed by atoms with Crippen LogP contribution in [0.4, 0.5) is 5.69 Å². The minimum atomic E-state index is 0.0260. The van der Waals surface area contributed by atoms with E-state index in [4.69, 9.17) is 14.7 Å². The van der Waals surface area contributed by atoms with Gasteiger partial charge in [-0.1, -0.05) is 31.4 Å². The number of aromatic nitrogens is 4. The Kier molecular flexibility index (Phi) is 5.33. The van der Waals surface area contributed by atoms with E-state index in [1.54, 1.807) is 19.6 Å². The maximum Gasteiger partial charge on any atom is 0.278 e. The number of fused-ring (bicyclic) bond motifs is 3. The summed E-state index contributed by atoms with van der Waals surface area (Å²) in [4.78, 5) is 25.4. The monoisotopic (exact) mass is 431 g/mol. The number of hydrogen-bond donors (Lipinski definition) is 0. The second-order valence-electron chi connectivity index (χ2n) is 8.80. The van der Waals surface area contributed by atoms with Crippen molar-refractivity contribution >= 4 is 27.8 Å². The maximum atomic E-state index is 13.8. The van der Waals surface area contributed by atoms with Crippen molar-refractivity contribution in [3.8, 4) is 5.75 Å². The van der Waals surface area contributed by atoms with Gasteiger partial charge in [0.15, 0.2) is 0 Å². The highest BCUT2D eigenvalue weighted by atomic mass is 16.5. The summed E-state index contributed by atoms with van der Waals surface area (Å²) in [6.45, 7) is 0.541. The lowest BCUT2D eigenvalue weighted by molar-refractivity contribution is 0.344. The molecule has 1 saturated carbocycles. The minimum Gasteiger partial charge on any atom is -0.497 e. The summed E-state index contributed by atoms with van der Waals surface area (Å²) in [5.74, 6) is 0.810. The molecule has 7 heteroatoms. The molecule has 1 aromatic carbocycles. The third-order valence-corrected chi connectivity index (χ3v) is 6.59. The molecule has 32 heavy (non-hydrogen) atoms. The number of ether oxygens (including phenoxy) is 1. The van der Waals surface area contributed by atoms with Crippen LogP contribution >= 0.6 is 0 Å². The number of rotatable bonds is 5. The topological polar surface area (TPSA) is 65.2 Å². The van der Waals surface area contributed by atoms with Crippen LogP contribution in [0.1, 0.15) is 43.7 Å². The molecule has 0 aliphatic heterocycles. The molecule has 0 bridgehead atoms. The summed E-state index contributed by atoms with van der Waals surface area (Å²) in [5, 5.41) is 0.925. The van der Waals surface area contributed by atoms with Gasteiger partial charge in [-0.3, -0.25) is 9.36 Å². The molecule has 166 valence electrons. The van der Waals surface area contributed by atoms with Crippen molar-refractivity contribution in [1.82, 2.24) is 19.1 Å². The van der Waals surface area contributed by atoms with Crippen LogP contribution in [0, 0.1) is 0 Å². The molecule has 0 amide bonds. The number of benzene rings is 1. The molecule has 0 unspecified atom stereocenters. The van der Waals surface area contributed by atoms with Crippen molar-refractivity contribution < 1.29 is 4.74 Å². The summed E-state index contributed by atoms with van der Waals surface area (Å²) in [5.41, 5.74) is 4.25. The molecule has 0 N–H and O–H groups in total. The van der Waals surface area contributed by atoms with E-state index < -0.39 is 0 Å². The van der Waals surface area contributed by atoms with Gasteiger partial charge in [-0.05, 0) is 36.6 Å². The minimum absolute atomic E-state index is 0.0260. The molecule has 0 atom stereocenters. The van der Waals surface area contributed by atoms with E-state index in [9.17, 15) is 4.79 Å². The zero-order valence-electron chi connectivity index (χ0n) is 18.9. The predicted molar refractivity (Wildman–Crippen MR) is 128 cm³/mol. The molecule has 7 nitrogen and oxygen atoms in total. The van der Waals surface area contributed by atoms with Gasteiger partial charge in [0.1, 0.15) is 22.4 Å². The fraction of sp³-hybridized carbons (Fsp3) is 0.400. The molecule has 1 fully saturated rings. The summed E-state index contributed by atoms with van der Waals surface area (Å²) in [7, 11) is 5.67. The van der Waals surface area contributed by atoms with Gasteiger partial charge in [0.05, 0.1) is 24.5 Å². The first-order valence-electron chi connectivity index (χ1n) is 11.3. The smallest absolute Gasteiger partial charge is 0.278 e. The SMILES string of the molecule is COc1ccc(Cn2c3nccc(N(C)C)c3c3ncn(C4CCCCC4)c(=O)c32)cc1. The quantitative estimate of drug-likeness (QED) is 0.469. The highest BCUT2D eigenvalue weighted by Gasteiger charge is 2.24. The fourth-order valence-corrected chi connectivity index (χ4v) is 4.92. The van der Waals surface area contributed by atoms with E-state index in [2.05, 4.69) is 4.90 Å². The van der Waals surface area contributed by atoms with E-state index in [0.29, 0.717) is 12.1 Å². The largest absolute Gasteiger partial charge is 0.497 e. The summed E-state index contributed by atoms with van der Waals surface area (Å²) >= 11 is 0. The molecule has 0 spiro atoms. The van der Waals surface area contributed by atoms with Crippen molar-refractivity contribution in [3.05, 3.63) is 58.8 Å². The summed E-state index contributed by atoms with van der Waals surface area (Å²) in [6, 6.07) is 10.2. The third-order valence-electron chi connectivity index (χ3n) is 6.59. The summed E-state index contributed by atoms with van der Waals surface area (Å²) < 4.78 is 9.20. The molecule has 4 aromatic rings. The Morgan fingerprint density at radius 1 is 1.06 bits per heavy atom. The van der Waals surface area contributed by atoms with Gasteiger partial charge in [-0.15, -0.1) is 0 Å². The van der Waals surface area contributed by atoms with Crippen molar-refractivity contribution in [1.29, 1.82) is 0 Å². The molecule has 5 rings (SSSR count). The lowest BCUT2D eigenvalue weighted by Gasteiger charge is -2.23. The van der Waals surface area contributed by atoms with E-state index in [0.717, 1.165) is 59.2 Å². The van der Waals surface area contributed by atoms with E-state index in [-0.39, 0.29) is 11.6 Å². The average Bonchev–Trinajstić information content (AvgIpc) is 3.14. The van der Waals surface area contributed by atoms with E-state index in [1.165, 1.54) is 6.42 Å². The zero-order valence-corrected chi connectivity index (χ0v) is 18.9. The maximum absolute atomic E-state index is 13.8. The van der Waals surface area contributed by atoms with Crippen LogP contribution in [0.25, 0.3) is 22.1 Å². The van der Waals surface area contributed by atoms with Crippen LogP contribution in [0.5, 0.6) is 5.75 Å². The van der Waals surface area contributed by atoms with E-state index >= 15 is 0 Å². The summed E-state index contributed by atoms with van der Waals surface area (Å²) in [6.07, 6.45) is 9.20.